The van der Waals surface area contributed by atoms with Gasteiger partial charge in [0.25, 0.3) is 5.56 Å². The molecule has 0 aliphatic carbocycles. The molecule has 7 heteroatoms. The lowest BCUT2D eigenvalue weighted by atomic mass is 9.90. The minimum atomic E-state index is -0.951. The molecule has 0 fully saturated rings. The summed E-state index contributed by atoms with van der Waals surface area (Å²) >= 11 is 1.21. The highest BCUT2D eigenvalue weighted by Crippen LogP contribution is 2.25. The summed E-state index contributed by atoms with van der Waals surface area (Å²) in [7, 11) is 1.66. The zero-order valence-corrected chi connectivity index (χ0v) is 18.0. The fraction of sp³-hybridized carbons (Fsp3) is 0.364. The maximum Gasteiger partial charge on any atom is 0.261 e. The Morgan fingerprint density at radius 1 is 1.24 bits per heavy atom. The summed E-state index contributed by atoms with van der Waals surface area (Å²) in [5.74, 6) is -0.300. The lowest BCUT2D eigenvalue weighted by Crippen LogP contribution is -2.51. The molecule has 0 bridgehead atoms. The number of fused-ring (bicyclic) bond motifs is 2. The van der Waals surface area contributed by atoms with Gasteiger partial charge >= 0.3 is 0 Å². The molecule has 1 heterocycles. The number of amides is 1. The second kappa shape index (κ2) is 7.88. The molecule has 0 radical (unpaired) electrons. The lowest BCUT2D eigenvalue weighted by Gasteiger charge is -2.28. The molecule has 0 aliphatic rings. The molecule has 6 nitrogen and oxygen atoms in total. The first kappa shape index (κ1) is 20.9. The highest BCUT2D eigenvalue weighted by atomic mass is 32.2. The molecule has 3 rings (SSSR count). The quantitative estimate of drug-likeness (QED) is 0.396. The van der Waals surface area contributed by atoms with Crippen molar-refractivity contribution in [1.82, 2.24) is 14.9 Å². The summed E-state index contributed by atoms with van der Waals surface area (Å²) < 4.78 is 1.47. The summed E-state index contributed by atoms with van der Waals surface area (Å²) in [6.07, 6.45) is 0. The first-order valence-electron chi connectivity index (χ1n) is 9.45. The van der Waals surface area contributed by atoms with E-state index in [-0.39, 0.29) is 17.4 Å². The van der Waals surface area contributed by atoms with Gasteiger partial charge in [-0.05, 0) is 42.7 Å². The Kier molecular flexibility index (Phi) is 5.67. The number of aromatic nitrogens is 2. The predicted octanol–water partition coefficient (Wildman–Crippen LogP) is 3.62. The fourth-order valence-corrected chi connectivity index (χ4v) is 3.79. The summed E-state index contributed by atoms with van der Waals surface area (Å²) in [5.41, 5.74) is -0.501. The summed E-state index contributed by atoms with van der Waals surface area (Å²) in [5, 5.41) is 14.7. The van der Waals surface area contributed by atoms with E-state index in [1.54, 1.807) is 20.9 Å². The maximum absolute atomic E-state index is 12.9. The van der Waals surface area contributed by atoms with E-state index < -0.39 is 10.8 Å². The van der Waals surface area contributed by atoms with Gasteiger partial charge in [0.05, 0.1) is 22.2 Å². The van der Waals surface area contributed by atoms with Crippen LogP contribution in [0.4, 0.5) is 0 Å². The van der Waals surface area contributed by atoms with Gasteiger partial charge in [0, 0.05) is 7.05 Å². The number of nitrogens with zero attached hydrogens (tertiary/aromatic N) is 3. The lowest BCUT2D eigenvalue weighted by molar-refractivity contribution is -0.121. The molecule has 0 saturated carbocycles. The molecule has 2 atom stereocenters. The van der Waals surface area contributed by atoms with Gasteiger partial charge in [-0.2, -0.15) is 5.26 Å². The number of hydrogen-bond acceptors (Lipinski definition) is 5. The van der Waals surface area contributed by atoms with Crippen LogP contribution in [0.2, 0.25) is 0 Å². The molecule has 1 aromatic heterocycles. The van der Waals surface area contributed by atoms with Gasteiger partial charge < -0.3 is 5.32 Å². The average molecular weight is 409 g/mol. The number of carbonyl (C=O) groups is 1. The van der Waals surface area contributed by atoms with Crippen molar-refractivity contribution >= 4 is 39.3 Å². The third kappa shape index (κ3) is 3.99. The molecule has 1 N–H and O–H groups in total. The van der Waals surface area contributed by atoms with Gasteiger partial charge in [0.1, 0.15) is 5.54 Å². The SMILES string of the molecule is CC(C)[C@@](C)(C#N)NC(=O)[C@@H](C)Sc1nc2cc3ccccc3cc2c(=O)n1C. The number of rotatable bonds is 5. The maximum atomic E-state index is 12.9. The van der Waals surface area contributed by atoms with E-state index in [0.29, 0.717) is 16.1 Å². The van der Waals surface area contributed by atoms with Crippen LogP contribution in [-0.4, -0.2) is 26.2 Å². The molecule has 0 spiro atoms. The van der Waals surface area contributed by atoms with Crippen molar-refractivity contribution in [3.63, 3.8) is 0 Å². The van der Waals surface area contributed by atoms with Crippen LogP contribution in [0.3, 0.4) is 0 Å². The highest BCUT2D eigenvalue weighted by Gasteiger charge is 2.32. The molecular formula is C22H24N4O2S. The minimum Gasteiger partial charge on any atom is -0.337 e. The van der Waals surface area contributed by atoms with Gasteiger partial charge in [-0.25, -0.2) is 4.98 Å². The van der Waals surface area contributed by atoms with Gasteiger partial charge in [-0.3, -0.25) is 14.2 Å². The zero-order valence-electron chi connectivity index (χ0n) is 17.2. The largest absolute Gasteiger partial charge is 0.337 e. The van der Waals surface area contributed by atoms with E-state index in [1.807, 2.05) is 50.2 Å². The molecule has 1 amide bonds. The Balaban J connectivity index is 1.94. The average Bonchev–Trinajstić information content (AvgIpc) is 2.70. The van der Waals surface area contributed by atoms with Crippen LogP contribution in [-0.2, 0) is 11.8 Å². The van der Waals surface area contributed by atoms with Gasteiger partial charge in [-0.15, -0.1) is 0 Å². The van der Waals surface area contributed by atoms with Crippen LogP contribution < -0.4 is 10.9 Å². The second-order valence-corrected chi connectivity index (χ2v) is 9.00. The molecule has 0 unspecified atom stereocenters. The van der Waals surface area contributed by atoms with Gasteiger partial charge in [0.15, 0.2) is 5.16 Å². The first-order chi connectivity index (χ1) is 13.7. The van der Waals surface area contributed by atoms with Crippen molar-refractivity contribution in [1.29, 1.82) is 5.26 Å². The Bertz CT molecular complexity index is 1200. The number of hydrogen-bond donors (Lipinski definition) is 1. The second-order valence-electron chi connectivity index (χ2n) is 7.69. The van der Waals surface area contributed by atoms with Crippen LogP contribution in [0.1, 0.15) is 27.7 Å². The molecular weight excluding hydrogens is 384 g/mol. The van der Waals surface area contributed by atoms with Crippen LogP contribution in [0.5, 0.6) is 0 Å². The third-order valence-electron chi connectivity index (χ3n) is 5.32. The summed E-state index contributed by atoms with van der Waals surface area (Å²) in [4.78, 5) is 30.2. The van der Waals surface area contributed by atoms with E-state index in [1.165, 1.54) is 16.3 Å². The minimum absolute atomic E-state index is 0.0370. The predicted molar refractivity (Wildman–Crippen MR) is 117 cm³/mol. The molecule has 150 valence electrons. The molecule has 3 aromatic rings. The van der Waals surface area contributed by atoms with Crippen molar-refractivity contribution in [2.75, 3.05) is 0 Å². The van der Waals surface area contributed by atoms with Crippen molar-refractivity contribution in [3.8, 4) is 6.07 Å². The van der Waals surface area contributed by atoms with Crippen LogP contribution in [0.15, 0.2) is 46.3 Å². The van der Waals surface area contributed by atoms with E-state index >= 15 is 0 Å². The number of nitriles is 1. The van der Waals surface area contributed by atoms with E-state index in [0.717, 1.165) is 10.8 Å². The Morgan fingerprint density at radius 2 is 1.86 bits per heavy atom. The monoisotopic (exact) mass is 408 g/mol. The van der Waals surface area contributed by atoms with E-state index in [4.69, 9.17) is 0 Å². The molecule has 2 aromatic carbocycles. The van der Waals surface area contributed by atoms with E-state index in [2.05, 4.69) is 16.4 Å². The number of carbonyl (C=O) groups excluding carboxylic acids is 1. The normalized spacial score (nSPS) is 14.5. The molecule has 0 aliphatic heterocycles. The highest BCUT2D eigenvalue weighted by molar-refractivity contribution is 8.00. The van der Waals surface area contributed by atoms with Crippen LogP contribution in [0.25, 0.3) is 21.7 Å². The topological polar surface area (TPSA) is 87.8 Å². The van der Waals surface area contributed by atoms with Crippen molar-refractivity contribution < 1.29 is 4.79 Å². The van der Waals surface area contributed by atoms with Crippen molar-refractivity contribution in [2.45, 2.75) is 43.6 Å². The number of thioether (sulfide) groups is 1. The third-order valence-corrected chi connectivity index (χ3v) is 6.47. The van der Waals surface area contributed by atoms with Crippen LogP contribution in [0, 0.1) is 17.2 Å². The molecule has 0 saturated heterocycles. The number of benzene rings is 2. The Labute approximate surface area is 173 Å². The Hall–Kier alpha value is -2.85. The van der Waals surface area contributed by atoms with Crippen LogP contribution >= 0.6 is 11.8 Å². The smallest absolute Gasteiger partial charge is 0.261 e. The van der Waals surface area contributed by atoms with Crippen molar-refractivity contribution in [2.24, 2.45) is 13.0 Å². The Morgan fingerprint density at radius 3 is 2.45 bits per heavy atom. The van der Waals surface area contributed by atoms with Gasteiger partial charge in [-0.1, -0.05) is 49.9 Å². The first-order valence-corrected chi connectivity index (χ1v) is 10.3. The van der Waals surface area contributed by atoms with Crippen molar-refractivity contribution in [3.05, 3.63) is 46.8 Å². The number of nitrogens with one attached hydrogen (secondary N) is 1. The zero-order chi connectivity index (χ0) is 21.3. The van der Waals surface area contributed by atoms with Gasteiger partial charge in [0.2, 0.25) is 5.91 Å². The summed E-state index contributed by atoms with van der Waals surface area (Å²) in [6.45, 7) is 7.23. The summed E-state index contributed by atoms with van der Waals surface area (Å²) in [6, 6.07) is 13.7. The molecule has 29 heavy (non-hydrogen) atoms. The fourth-order valence-electron chi connectivity index (χ4n) is 2.91. The van der Waals surface area contributed by atoms with E-state index in [9.17, 15) is 14.9 Å². The standard InChI is InChI=1S/C22H24N4O2S/c1-13(2)22(4,12-23)25-19(27)14(3)29-21-24-18-11-16-9-7-6-8-15(16)10-17(18)20(28)26(21)5/h6-11,13-14H,1-5H3,(H,25,27)/t14-,22-/m1/s1.